The number of carbonyl (C=O) groups excluding carboxylic acids is 5. The zero-order chi connectivity index (χ0) is 43.0. The first-order valence-corrected chi connectivity index (χ1v) is 21.7. The van der Waals surface area contributed by atoms with Crippen molar-refractivity contribution in [2.45, 2.75) is 89.5 Å². The molecule has 1 aromatic heterocycles. The summed E-state index contributed by atoms with van der Waals surface area (Å²) in [7, 11) is 1.65. The third-order valence-corrected chi connectivity index (χ3v) is 14.6. The SMILES string of the molecule is COc1cc(N2CCC3(CCN(CC(=O)N4Cc5cc6c(cc5C4)C(=O)N(C4CCC(=O)NC4=O)C6=O)CC3)CC2)ccc1[C@@H]1c2ccc3[nH]ncc3c2C[C@@H](C)N1CC(F)F. The van der Waals surface area contributed by atoms with Gasteiger partial charge in [-0.25, -0.2) is 8.78 Å². The van der Waals surface area contributed by atoms with Gasteiger partial charge in [-0.15, -0.1) is 0 Å². The average Bonchev–Trinajstić information content (AvgIpc) is 3.98. The molecule has 4 aromatic rings. The highest BCUT2D eigenvalue weighted by atomic mass is 19.3. The summed E-state index contributed by atoms with van der Waals surface area (Å²) in [6, 6.07) is 12.1. The Morgan fingerprint density at radius 2 is 1.60 bits per heavy atom. The number of H-pyrrole nitrogens is 1. The van der Waals surface area contributed by atoms with Crippen LogP contribution in [0.25, 0.3) is 10.9 Å². The lowest BCUT2D eigenvalue weighted by molar-refractivity contribution is -0.136. The van der Waals surface area contributed by atoms with Gasteiger partial charge in [0.25, 0.3) is 18.2 Å². The highest BCUT2D eigenvalue weighted by molar-refractivity contribution is 6.23. The maximum absolute atomic E-state index is 14.1. The summed E-state index contributed by atoms with van der Waals surface area (Å²) in [5.41, 5.74) is 7.28. The van der Waals surface area contributed by atoms with Crippen LogP contribution in [-0.4, -0.2) is 124 Å². The standard InChI is InChI=1S/C46H50F2N8O6/c1-26-17-32-30(5-6-36-35(32)21-49-51-36)42(55(26)24-39(47)48)31-4-3-29(20-38(31)62-2)53-15-11-46(12-16-53)9-13-52(14-10-46)25-41(58)54-22-27-18-33-34(19-28(27)23-54)45(61)56(44(33)60)37-7-8-40(57)50-43(37)59/h3-6,18-21,26,37,39,42H,7-17,22-25H2,1-2H3,(H,49,51)(H,50,57,59)/t26-,37?,42+/m1/s1. The number of amides is 5. The number of nitrogens with zero attached hydrogens (tertiary/aromatic N) is 6. The summed E-state index contributed by atoms with van der Waals surface area (Å²) in [6.07, 6.45) is 4.21. The summed E-state index contributed by atoms with van der Waals surface area (Å²) in [5, 5.41) is 10.5. The molecule has 1 spiro atoms. The lowest BCUT2D eigenvalue weighted by atomic mass is 9.71. The molecule has 3 atom stereocenters. The Morgan fingerprint density at radius 1 is 0.919 bits per heavy atom. The van der Waals surface area contributed by atoms with Crippen LogP contribution in [0.5, 0.6) is 5.75 Å². The number of hydrogen-bond donors (Lipinski definition) is 2. The van der Waals surface area contributed by atoms with E-state index in [0.29, 0.717) is 31.8 Å². The van der Waals surface area contributed by atoms with Crippen LogP contribution in [-0.2, 0) is 33.9 Å². The molecule has 0 radical (unpaired) electrons. The monoisotopic (exact) mass is 848 g/mol. The van der Waals surface area contributed by atoms with E-state index in [1.807, 2.05) is 30.2 Å². The van der Waals surface area contributed by atoms with E-state index in [1.54, 1.807) is 24.1 Å². The number of rotatable bonds is 8. The minimum absolute atomic E-state index is 0.00519. The molecule has 0 bridgehead atoms. The van der Waals surface area contributed by atoms with E-state index in [-0.39, 0.29) is 47.9 Å². The minimum Gasteiger partial charge on any atom is -0.496 e. The molecule has 14 nitrogen and oxygen atoms in total. The molecule has 3 aromatic carbocycles. The van der Waals surface area contributed by atoms with Gasteiger partial charge in [-0.05, 0) is 110 Å². The molecular formula is C46H50F2N8O6. The van der Waals surface area contributed by atoms with Gasteiger partial charge in [-0.1, -0.05) is 12.1 Å². The van der Waals surface area contributed by atoms with Crippen LogP contribution in [0, 0.1) is 5.41 Å². The number of alkyl halides is 2. The molecule has 3 fully saturated rings. The molecule has 6 aliphatic heterocycles. The molecule has 62 heavy (non-hydrogen) atoms. The lowest BCUT2D eigenvalue weighted by Gasteiger charge is -2.47. The van der Waals surface area contributed by atoms with Gasteiger partial charge in [0.1, 0.15) is 11.8 Å². The zero-order valence-electron chi connectivity index (χ0n) is 34.9. The van der Waals surface area contributed by atoms with Gasteiger partial charge < -0.3 is 14.5 Å². The van der Waals surface area contributed by atoms with Crippen LogP contribution in [0.2, 0.25) is 0 Å². The second kappa shape index (κ2) is 15.6. The van der Waals surface area contributed by atoms with Crippen molar-refractivity contribution in [3.63, 3.8) is 0 Å². The fourth-order valence-corrected chi connectivity index (χ4v) is 11.1. The van der Waals surface area contributed by atoms with Gasteiger partial charge in [0.2, 0.25) is 17.7 Å². The van der Waals surface area contributed by atoms with Crippen molar-refractivity contribution in [2.75, 3.05) is 51.3 Å². The van der Waals surface area contributed by atoms with Crippen molar-refractivity contribution >= 4 is 46.1 Å². The Bertz CT molecular complexity index is 2460. The van der Waals surface area contributed by atoms with Crippen molar-refractivity contribution in [3.8, 4) is 5.75 Å². The van der Waals surface area contributed by atoms with Crippen molar-refractivity contribution in [2.24, 2.45) is 5.41 Å². The van der Waals surface area contributed by atoms with Gasteiger partial charge in [-0.3, -0.25) is 49.1 Å². The summed E-state index contributed by atoms with van der Waals surface area (Å²) >= 11 is 0. The maximum Gasteiger partial charge on any atom is 0.262 e. The van der Waals surface area contributed by atoms with E-state index >= 15 is 0 Å². The number of halogens is 2. The number of benzene rings is 3. The topological polar surface area (TPSA) is 151 Å². The van der Waals surface area contributed by atoms with Gasteiger partial charge in [0.15, 0.2) is 0 Å². The molecular weight excluding hydrogens is 799 g/mol. The Labute approximate surface area is 357 Å². The van der Waals surface area contributed by atoms with Gasteiger partial charge in [0.05, 0.1) is 49.1 Å². The van der Waals surface area contributed by atoms with Crippen molar-refractivity contribution in [1.29, 1.82) is 0 Å². The number of fused-ring (bicyclic) bond motifs is 5. The fourth-order valence-electron chi connectivity index (χ4n) is 11.1. The van der Waals surface area contributed by atoms with E-state index in [4.69, 9.17) is 4.74 Å². The largest absolute Gasteiger partial charge is 0.496 e. The number of aromatic amines is 1. The molecule has 7 heterocycles. The van der Waals surface area contributed by atoms with Crippen molar-refractivity contribution in [1.82, 2.24) is 35.1 Å². The van der Waals surface area contributed by atoms with Crippen LogP contribution >= 0.6 is 0 Å². The Morgan fingerprint density at radius 3 is 2.26 bits per heavy atom. The molecule has 1 unspecified atom stereocenters. The third kappa shape index (κ3) is 6.91. The minimum atomic E-state index is -2.48. The predicted molar refractivity (Wildman–Crippen MR) is 224 cm³/mol. The number of piperidine rings is 3. The van der Waals surface area contributed by atoms with Crippen LogP contribution in [0.1, 0.15) is 100 Å². The van der Waals surface area contributed by atoms with E-state index in [0.717, 1.165) is 101 Å². The number of likely N-dealkylation sites (tertiary alicyclic amines) is 1. The normalized spacial score (nSPS) is 24.0. The number of imide groups is 2. The maximum atomic E-state index is 14.1. The molecule has 324 valence electrons. The predicted octanol–water partition coefficient (Wildman–Crippen LogP) is 4.80. The van der Waals surface area contributed by atoms with E-state index in [9.17, 15) is 32.8 Å². The lowest BCUT2D eigenvalue weighted by Crippen LogP contribution is -2.54. The Kier molecular flexibility index (Phi) is 10.1. The number of hydrogen-bond acceptors (Lipinski definition) is 10. The first kappa shape index (κ1) is 40.3. The zero-order valence-corrected chi connectivity index (χ0v) is 34.9. The van der Waals surface area contributed by atoms with Crippen LogP contribution < -0.4 is 15.0 Å². The molecule has 6 aliphatic rings. The third-order valence-electron chi connectivity index (χ3n) is 14.6. The van der Waals surface area contributed by atoms with E-state index < -0.39 is 42.1 Å². The summed E-state index contributed by atoms with van der Waals surface area (Å²) in [6.45, 7) is 6.08. The quantitative estimate of drug-likeness (QED) is 0.237. The molecule has 3 saturated heterocycles. The summed E-state index contributed by atoms with van der Waals surface area (Å²) in [4.78, 5) is 73.7. The smallest absolute Gasteiger partial charge is 0.262 e. The highest BCUT2D eigenvalue weighted by Crippen LogP contribution is 2.46. The number of nitrogens with one attached hydrogen (secondary N) is 2. The highest BCUT2D eigenvalue weighted by Gasteiger charge is 2.46. The summed E-state index contributed by atoms with van der Waals surface area (Å²) in [5.74, 6) is -1.47. The average molecular weight is 849 g/mol. The fraction of sp³-hybridized carbons (Fsp3) is 0.478. The van der Waals surface area contributed by atoms with E-state index in [2.05, 4.69) is 43.5 Å². The second-order valence-electron chi connectivity index (χ2n) is 18.1. The number of carbonyl (C=O) groups is 5. The van der Waals surface area contributed by atoms with Crippen LogP contribution in [0.15, 0.2) is 48.7 Å². The molecule has 16 heteroatoms. The number of ether oxygens (including phenoxy) is 1. The number of methoxy groups -OCH3 is 1. The molecule has 10 rings (SSSR count). The van der Waals surface area contributed by atoms with Crippen molar-refractivity contribution < 1.29 is 37.5 Å². The summed E-state index contributed by atoms with van der Waals surface area (Å²) < 4.78 is 34.2. The molecule has 5 amide bonds. The molecule has 0 aliphatic carbocycles. The number of aromatic nitrogens is 2. The second-order valence-corrected chi connectivity index (χ2v) is 18.1. The first-order valence-electron chi connectivity index (χ1n) is 21.7. The van der Waals surface area contributed by atoms with Gasteiger partial charge in [-0.2, -0.15) is 5.10 Å². The van der Waals surface area contributed by atoms with Gasteiger partial charge in [0, 0.05) is 61.3 Å². The van der Waals surface area contributed by atoms with Crippen LogP contribution in [0.4, 0.5) is 14.5 Å². The van der Waals surface area contributed by atoms with Crippen molar-refractivity contribution in [3.05, 3.63) is 87.6 Å². The Hall–Kier alpha value is -5.74. The van der Waals surface area contributed by atoms with Gasteiger partial charge >= 0.3 is 0 Å². The number of anilines is 1. The Balaban J connectivity index is 0.755. The van der Waals surface area contributed by atoms with Crippen LogP contribution in [0.3, 0.4) is 0 Å². The first-order chi connectivity index (χ1) is 29.9. The molecule has 2 N–H and O–H groups in total. The molecule has 0 saturated carbocycles. The van der Waals surface area contributed by atoms with E-state index in [1.165, 1.54) is 0 Å².